The van der Waals surface area contributed by atoms with Gasteiger partial charge in [-0.25, -0.2) is 5.43 Å². The fourth-order valence-corrected chi connectivity index (χ4v) is 2.28. The van der Waals surface area contributed by atoms with Crippen LogP contribution in [0.3, 0.4) is 0 Å². The minimum Gasteiger partial charge on any atom is -0.490 e. The summed E-state index contributed by atoms with van der Waals surface area (Å²) in [5, 5.41) is 4.63. The number of benzene rings is 2. The normalized spacial score (nSPS) is 10.7. The molecule has 0 aromatic heterocycles. The highest BCUT2D eigenvalue weighted by Gasteiger charge is 2.05. The Hall–Kier alpha value is -2.53. The summed E-state index contributed by atoms with van der Waals surface area (Å²) in [6.07, 6.45) is 1.81. The molecule has 2 rings (SSSR count). The third-order valence-corrected chi connectivity index (χ3v) is 3.50. The maximum Gasteiger partial charge on any atom is 0.244 e. The van der Waals surface area contributed by atoms with Gasteiger partial charge in [-0.1, -0.05) is 23.7 Å². The van der Waals surface area contributed by atoms with E-state index in [4.69, 9.17) is 21.1 Å². The Morgan fingerprint density at radius 2 is 1.76 bits per heavy atom. The smallest absolute Gasteiger partial charge is 0.244 e. The van der Waals surface area contributed by atoms with E-state index in [1.807, 2.05) is 44.2 Å². The Morgan fingerprint density at radius 1 is 1.08 bits per heavy atom. The molecule has 0 fully saturated rings. The molecule has 0 aliphatic rings. The average molecular weight is 361 g/mol. The number of hydrazone groups is 1. The van der Waals surface area contributed by atoms with Crippen LogP contribution >= 0.6 is 11.6 Å². The zero-order valence-electron chi connectivity index (χ0n) is 14.3. The number of hydrogen-bond donors (Lipinski definition) is 1. The van der Waals surface area contributed by atoms with Crippen LogP contribution < -0.4 is 14.9 Å². The van der Waals surface area contributed by atoms with Crippen molar-refractivity contribution in [3.8, 4) is 11.5 Å². The van der Waals surface area contributed by atoms with E-state index in [-0.39, 0.29) is 12.3 Å². The molecule has 6 heteroatoms. The highest BCUT2D eigenvalue weighted by atomic mass is 35.5. The van der Waals surface area contributed by atoms with Crippen molar-refractivity contribution in [3.63, 3.8) is 0 Å². The summed E-state index contributed by atoms with van der Waals surface area (Å²) >= 11 is 5.82. The van der Waals surface area contributed by atoms with Crippen LogP contribution in [0, 0.1) is 0 Å². The molecule has 0 radical (unpaired) electrons. The molecule has 0 aliphatic carbocycles. The lowest BCUT2D eigenvalue weighted by molar-refractivity contribution is -0.120. The van der Waals surface area contributed by atoms with Gasteiger partial charge in [0.15, 0.2) is 11.5 Å². The lowest BCUT2D eigenvalue weighted by Gasteiger charge is -2.11. The van der Waals surface area contributed by atoms with Crippen molar-refractivity contribution in [3.05, 3.63) is 58.6 Å². The molecule has 0 unspecified atom stereocenters. The van der Waals surface area contributed by atoms with Crippen LogP contribution in [0.5, 0.6) is 11.5 Å². The molecule has 1 N–H and O–H groups in total. The first kappa shape index (κ1) is 18.8. The first-order valence-corrected chi connectivity index (χ1v) is 8.46. The molecule has 5 nitrogen and oxygen atoms in total. The number of carbonyl (C=O) groups is 1. The van der Waals surface area contributed by atoms with E-state index in [2.05, 4.69) is 10.5 Å². The molecular formula is C19H21ClN2O3. The van der Waals surface area contributed by atoms with E-state index in [0.29, 0.717) is 29.7 Å². The second kappa shape index (κ2) is 9.69. The Kier molecular flexibility index (Phi) is 7.29. The van der Waals surface area contributed by atoms with Crippen molar-refractivity contribution in [2.75, 3.05) is 13.2 Å². The molecule has 0 heterocycles. The summed E-state index contributed by atoms with van der Waals surface area (Å²) < 4.78 is 11.1. The molecule has 2 aromatic rings. The number of hydrogen-bond acceptors (Lipinski definition) is 4. The zero-order valence-corrected chi connectivity index (χ0v) is 15.0. The minimum atomic E-state index is -0.199. The number of rotatable bonds is 8. The van der Waals surface area contributed by atoms with Crippen LogP contribution in [0.25, 0.3) is 0 Å². The van der Waals surface area contributed by atoms with Crippen molar-refractivity contribution >= 4 is 23.7 Å². The summed E-state index contributed by atoms with van der Waals surface area (Å²) in [6, 6.07) is 12.6. The number of nitrogens with zero attached hydrogens (tertiary/aromatic N) is 1. The molecular weight excluding hydrogens is 340 g/mol. The Bertz CT molecular complexity index is 730. The van der Waals surface area contributed by atoms with Crippen LogP contribution in [-0.2, 0) is 11.2 Å². The predicted octanol–water partition coefficient (Wildman–Crippen LogP) is 3.83. The number of amides is 1. The Morgan fingerprint density at radius 3 is 2.44 bits per heavy atom. The first-order chi connectivity index (χ1) is 12.1. The first-order valence-electron chi connectivity index (χ1n) is 8.08. The molecule has 0 aliphatic heterocycles. The van der Waals surface area contributed by atoms with Crippen LogP contribution in [0.15, 0.2) is 47.6 Å². The average Bonchev–Trinajstić information content (AvgIpc) is 2.59. The molecule has 0 spiro atoms. The molecule has 25 heavy (non-hydrogen) atoms. The molecule has 132 valence electrons. The summed E-state index contributed by atoms with van der Waals surface area (Å²) in [5.41, 5.74) is 4.19. The number of halogens is 1. The van der Waals surface area contributed by atoms with Crippen molar-refractivity contribution < 1.29 is 14.3 Å². The van der Waals surface area contributed by atoms with Gasteiger partial charge in [0.05, 0.1) is 25.8 Å². The molecule has 0 saturated heterocycles. The van der Waals surface area contributed by atoms with Crippen molar-refractivity contribution in [2.45, 2.75) is 20.3 Å². The van der Waals surface area contributed by atoms with Crippen LogP contribution in [-0.4, -0.2) is 25.3 Å². The predicted molar refractivity (Wildman–Crippen MR) is 99.7 cm³/mol. The van der Waals surface area contributed by atoms with Gasteiger partial charge in [-0.05, 0) is 55.3 Å². The monoisotopic (exact) mass is 360 g/mol. The van der Waals surface area contributed by atoms with Crippen LogP contribution in [0.1, 0.15) is 25.0 Å². The van der Waals surface area contributed by atoms with Crippen molar-refractivity contribution in [1.82, 2.24) is 5.43 Å². The third kappa shape index (κ3) is 6.12. The number of nitrogens with one attached hydrogen (secondary N) is 1. The zero-order chi connectivity index (χ0) is 18.1. The molecule has 0 saturated carbocycles. The van der Waals surface area contributed by atoms with E-state index < -0.39 is 0 Å². The van der Waals surface area contributed by atoms with E-state index in [0.717, 1.165) is 11.1 Å². The van der Waals surface area contributed by atoms with E-state index >= 15 is 0 Å². The number of ether oxygens (including phenoxy) is 2. The Balaban J connectivity index is 1.95. The summed E-state index contributed by atoms with van der Waals surface area (Å²) in [6.45, 7) is 4.93. The third-order valence-electron chi connectivity index (χ3n) is 3.25. The SMILES string of the molecule is CCOc1ccc(/C=N\NC(=O)Cc2ccc(Cl)cc2)cc1OCC. The molecule has 2 aromatic carbocycles. The van der Waals surface area contributed by atoms with E-state index in [1.165, 1.54) is 0 Å². The van der Waals surface area contributed by atoms with Gasteiger partial charge < -0.3 is 9.47 Å². The van der Waals surface area contributed by atoms with Gasteiger partial charge in [0.25, 0.3) is 0 Å². The minimum absolute atomic E-state index is 0.199. The van der Waals surface area contributed by atoms with Gasteiger partial charge in [0, 0.05) is 5.02 Å². The summed E-state index contributed by atoms with van der Waals surface area (Å²) in [5.74, 6) is 1.14. The molecule has 0 bridgehead atoms. The number of carbonyl (C=O) groups excluding carboxylic acids is 1. The largest absolute Gasteiger partial charge is 0.490 e. The fraction of sp³-hybridized carbons (Fsp3) is 0.263. The van der Waals surface area contributed by atoms with E-state index in [1.54, 1.807) is 18.3 Å². The second-order valence-electron chi connectivity index (χ2n) is 5.17. The van der Waals surface area contributed by atoms with Gasteiger partial charge in [-0.2, -0.15) is 5.10 Å². The highest BCUT2D eigenvalue weighted by Crippen LogP contribution is 2.27. The van der Waals surface area contributed by atoms with Gasteiger partial charge in [0.1, 0.15) is 0 Å². The summed E-state index contributed by atoms with van der Waals surface area (Å²) in [4.78, 5) is 11.9. The lowest BCUT2D eigenvalue weighted by atomic mass is 10.1. The standard InChI is InChI=1S/C19H21ClN2O3/c1-3-24-17-10-7-15(11-18(17)25-4-2)13-21-22-19(23)12-14-5-8-16(20)9-6-14/h5-11,13H,3-4,12H2,1-2H3,(H,22,23)/b21-13-. The Labute approximate surface area is 152 Å². The van der Waals surface area contributed by atoms with Gasteiger partial charge in [-0.3, -0.25) is 4.79 Å². The quantitative estimate of drug-likeness (QED) is 0.575. The maximum absolute atomic E-state index is 11.9. The van der Waals surface area contributed by atoms with Crippen LogP contribution in [0.4, 0.5) is 0 Å². The fourth-order valence-electron chi connectivity index (χ4n) is 2.15. The topological polar surface area (TPSA) is 59.9 Å². The maximum atomic E-state index is 11.9. The highest BCUT2D eigenvalue weighted by molar-refractivity contribution is 6.30. The van der Waals surface area contributed by atoms with Crippen molar-refractivity contribution in [2.24, 2.45) is 5.10 Å². The summed E-state index contributed by atoms with van der Waals surface area (Å²) in [7, 11) is 0. The van der Waals surface area contributed by atoms with Crippen LogP contribution in [0.2, 0.25) is 5.02 Å². The van der Waals surface area contributed by atoms with Gasteiger partial charge in [0.2, 0.25) is 5.91 Å². The molecule has 0 atom stereocenters. The lowest BCUT2D eigenvalue weighted by Crippen LogP contribution is -2.19. The second-order valence-corrected chi connectivity index (χ2v) is 5.61. The van der Waals surface area contributed by atoms with Crippen molar-refractivity contribution in [1.29, 1.82) is 0 Å². The van der Waals surface area contributed by atoms with E-state index in [9.17, 15) is 4.79 Å². The van der Waals surface area contributed by atoms with Gasteiger partial charge in [-0.15, -0.1) is 0 Å². The van der Waals surface area contributed by atoms with Gasteiger partial charge >= 0.3 is 0 Å². The molecule has 1 amide bonds.